The lowest BCUT2D eigenvalue weighted by molar-refractivity contribution is 0.175. The molecule has 2 heterocycles. The van der Waals surface area contributed by atoms with Gasteiger partial charge in [0.1, 0.15) is 0 Å². The average molecular weight is 188 g/mol. The average Bonchev–Trinajstić information content (AvgIpc) is 2.82. The van der Waals surface area contributed by atoms with E-state index in [0.29, 0.717) is 17.1 Å². The summed E-state index contributed by atoms with van der Waals surface area (Å²) in [6, 6.07) is 3.67. The third-order valence-electron chi connectivity index (χ3n) is 2.29. The summed E-state index contributed by atoms with van der Waals surface area (Å²) < 4.78 is 10.5. The number of benzene rings is 1. The van der Waals surface area contributed by atoms with Crippen molar-refractivity contribution in [3.63, 3.8) is 0 Å². The number of hydrogen-bond acceptors (Lipinski definition) is 3. The Kier molecular flexibility index (Phi) is 1.33. The van der Waals surface area contributed by atoms with Crippen molar-refractivity contribution in [2.24, 2.45) is 0 Å². The minimum atomic E-state index is 0.206. The number of nitrogens with one attached hydrogen (secondary N) is 1. The van der Waals surface area contributed by atoms with Crippen LogP contribution in [0.3, 0.4) is 0 Å². The van der Waals surface area contributed by atoms with Gasteiger partial charge in [0.05, 0.1) is 16.5 Å². The van der Waals surface area contributed by atoms with Crippen molar-refractivity contribution in [1.29, 1.82) is 0 Å². The predicted octanol–water partition coefficient (Wildman–Crippen LogP) is 1.35. The summed E-state index contributed by atoms with van der Waals surface area (Å²) in [5.41, 5.74) is 1.33. The molecule has 0 saturated heterocycles. The highest BCUT2D eigenvalue weighted by Crippen LogP contribution is 2.39. The fourth-order valence-corrected chi connectivity index (χ4v) is 1.66. The molecular formula is C10H6NO3. The Labute approximate surface area is 79.4 Å². The largest absolute Gasteiger partial charge is 0.454 e. The molecule has 0 saturated carbocycles. The lowest BCUT2D eigenvalue weighted by Gasteiger charge is -1.97. The van der Waals surface area contributed by atoms with Crippen LogP contribution >= 0.6 is 0 Å². The highest BCUT2D eigenvalue weighted by atomic mass is 16.7. The van der Waals surface area contributed by atoms with Crippen molar-refractivity contribution in [2.75, 3.05) is 6.79 Å². The second-order valence-corrected chi connectivity index (χ2v) is 3.03. The molecule has 1 aliphatic heterocycles. The summed E-state index contributed by atoms with van der Waals surface area (Å²) in [6.07, 6.45) is 3.47. The molecule has 1 aliphatic rings. The van der Waals surface area contributed by atoms with Gasteiger partial charge in [-0.2, -0.15) is 0 Å². The van der Waals surface area contributed by atoms with E-state index in [1.807, 2.05) is 18.4 Å². The maximum Gasteiger partial charge on any atom is 0.235 e. The van der Waals surface area contributed by atoms with Gasteiger partial charge in [-0.1, -0.05) is 0 Å². The summed E-state index contributed by atoms with van der Waals surface area (Å²) in [7, 11) is 0. The van der Waals surface area contributed by atoms with E-state index in [1.165, 1.54) is 0 Å². The number of aromatic amines is 1. The predicted molar refractivity (Wildman–Crippen MR) is 49.2 cm³/mol. The summed E-state index contributed by atoms with van der Waals surface area (Å²) >= 11 is 0. The van der Waals surface area contributed by atoms with Crippen LogP contribution in [0.2, 0.25) is 0 Å². The van der Waals surface area contributed by atoms with Gasteiger partial charge in [-0.15, -0.1) is 0 Å². The zero-order valence-electron chi connectivity index (χ0n) is 7.16. The number of aromatic nitrogens is 1. The van der Waals surface area contributed by atoms with E-state index in [2.05, 4.69) is 4.98 Å². The van der Waals surface area contributed by atoms with Crippen LogP contribution in [0.1, 0.15) is 5.56 Å². The van der Waals surface area contributed by atoms with Crippen LogP contribution in [0.15, 0.2) is 18.3 Å². The Balaban J connectivity index is 2.44. The number of H-pyrrole nitrogens is 1. The fourth-order valence-electron chi connectivity index (χ4n) is 1.66. The van der Waals surface area contributed by atoms with Crippen LogP contribution in [0, 0.1) is 0 Å². The van der Waals surface area contributed by atoms with E-state index in [9.17, 15) is 4.79 Å². The molecule has 1 aromatic carbocycles. The van der Waals surface area contributed by atoms with Crippen molar-refractivity contribution < 1.29 is 14.3 Å². The van der Waals surface area contributed by atoms with Gasteiger partial charge < -0.3 is 14.5 Å². The number of ether oxygens (including phenoxy) is 2. The summed E-state index contributed by atoms with van der Waals surface area (Å²) in [5.74, 6) is 1.30. The molecule has 14 heavy (non-hydrogen) atoms. The summed E-state index contributed by atoms with van der Waals surface area (Å²) in [4.78, 5) is 13.6. The normalized spacial score (nSPS) is 13.4. The van der Waals surface area contributed by atoms with Crippen molar-refractivity contribution >= 4 is 17.2 Å². The molecule has 0 fully saturated rings. The molecule has 4 nitrogen and oxygen atoms in total. The number of rotatable bonds is 1. The first kappa shape index (κ1) is 7.44. The van der Waals surface area contributed by atoms with E-state index in [0.717, 1.165) is 10.9 Å². The Bertz CT molecular complexity index is 515. The summed E-state index contributed by atoms with van der Waals surface area (Å²) in [6.45, 7) is 0.206. The fraction of sp³-hybridized carbons (Fsp3) is 0.100. The molecule has 4 heteroatoms. The van der Waals surface area contributed by atoms with E-state index in [-0.39, 0.29) is 6.79 Å². The van der Waals surface area contributed by atoms with Crippen LogP contribution in [0.4, 0.5) is 0 Å². The van der Waals surface area contributed by atoms with Gasteiger partial charge in [-0.25, -0.2) is 0 Å². The van der Waals surface area contributed by atoms with Crippen LogP contribution < -0.4 is 9.47 Å². The maximum atomic E-state index is 10.6. The van der Waals surface area contributed by atoms with Gasteiger partial charge in [0.25, 0.3) is 0 Å². The van der Waals surface area contributed by atoms with Gasteiger partial charge in [0.2, 0.25) is 13.1 Å². The lowest BCUT2D eigenvalue weighted by atomic mass is 10.1. The molecule has 69 valence electrons. The zero-order chi connectivity index (χ0) is 9.54. The molecule has 3 rings (SSSR count). The van der Waals surface area contributed by atoms with Crippen molar-refractivity contribution in [1.82, 2.24) is 4.98 Å². The van der Waals surface area contributed by atoms with E-state index in [1.54, 1.807) is 6.20 Å². The maximum absolute atomic E-state index is 10.6. The molecule has 1 N–H and O–H groups in total. The first-order valence-corrected chi connectivity index (χ1v) is 4.18. The standard InChI is InChI=1S/C10H6NO3/c12-4-6-3-11-7-1-2-8-10(9(6)7)14-5-13-8/h1-3,11H,5H2. The van der Waals surface area contributed by atoms with E-state index >= 15 is 0 Å². The molecule has 1 aromatic heterocycles. The number of hydrogen-bond donors (Lipinski definition) is 1. The van der Waals surface area contributed by atoms with Gasteiger partial charge in [-0.3, -0.25) is 4.79 Å². The van der Waals surface area contributed by atoms with Crippen molar-refractivity contribution in [3.8, 4) is 11.5 Å². The quantitative estimate of drug-likeness (QED) is 0.734. The zero-order valence-corrected chi connectivity index (χ0v) is 7.16. The second kappa shape index (κ2) is 2.51. The Morgan fingerprint density at radius 3 is 3.14 bits per heavy atom. The monoisotopic (exact) mass is 188 g/mol. The molecule has 1 radical (unpaired) electrons. The van der Waals surface area contributed by atoms with E-state index < -0.39 is 0 Å². The number of carbonyl (C=O) groups excluding carboxylic acids is 1. The van der Waals surface area contributed by atoms with Gasteiger partial charge in [0.15, 0.2) is 11.5 Å². The second-order valence-electron chi connectivity index (χ2n) is 3.03. The van der Waals surface area contributed by atoms with Gasteiger partial charge in [0, 0.05) is 6.20 Å². The van der Waals surface area contributed by atoms with Gasteiger partial charge >= 0.3 is 0 Å². The van der Waals surface area contributed by atoms with Crippen LogP contribution in [-0.2, 0) is 4.79 Å². The van der Waals surface area contributed by atoms with Crippen molar-refractivity contribution in [3.05, 3.63) is 23.9 Å². The third-order valence-corrected chi connectivity index (χ3v) is 2.29. The van der Waals surface area contributed by atoms with Crippen molar-refractivity contribution in [2.45, 2.75) is 0 Å². The molecule has 2 aromatic rings. The Hall–Kier alpha value is -1.97. The molecule has 0 atom stereocenters. The minimum absolute atomic E-state index is 0.206. The Morgan fingerprint density at radius 1 is 1.36 bits per heavy atom. The highest BCUT2D eigenvalue weighted by molar-refractivity contribution is 6.02. The minimum Gasteiger partial charge on any atom is -0.454 e. The lowest BCUT2D eigenvalue weighted by Crippen LogP contribution is -1.93. The van der Waals surface area contributed by atoms with E-state index in [4.69, 9.17) is 9.47 Å². The van der Waals surface area contributed by atoms with Crippen LogP contribution in [0.25, 0.3) is 10.9 Å². The summed E-state index contributed by atoms with van der Waals surface area (Å²) in [5, 5.41) is 0.745. The molecule has 0 aliphatic carbocycles. The molecule has 0 unspecified atom stereocenters. The SMILES string of the molecule is O=[C]c1c[nH]c2ccc3c(c12)OCO3. The van der Waals surface area contributed by atoms with Crippen LogP contribution in [0.5, 0.6) is 11.5 Å². The third kappa shape index (κ3) is 0.797. The molecule has 0 bridgehead atoms. The first-order valence-electron chi connectivity index (χ1n) is 4.18. The first-order chi connectivity index (χ1) is 6.90. The van der Waals surface area contributed by atoms with Gasteiger partial charge in [-0.05, 0) is 12.1 Å². The van der Waals surface area contributed by atoms with Crippen LogP contribution in [-0.4, -0.2) is 18.1 Å². The smallest absolute Gasteiger partial charge is 0.235 e. The Morgan fingerprint density at radius 2 is 2.29 bits per heavy atom. The topological polar surface area (TPSA) is 51.3 Å². The molecule has 0 amide bonds. The number of fused-ring (bicyclic) bond motifs is 3. The molecular weight excluding hydrogens is 182 g/mol. The highest BCUT2D eigenvalue weighted by Gasteiger charge is 2.19. The molecule has 0 spiro atoms.